The van der Waals surface area contributed by atoms with Gasteiger partial charge in [-0.1, -0.05) is 31.2 Å². The molecule has 1 fully saturated rings. The summed E-state index contributed by atoms with van der Waals surface area (Å²) in [6, 6.07) is 14.4. The first-order valence-electron chi connectivity index (χ1n) is 10.4. The van der Waals surface area contributed by atoms with E-state index in [0.717, 1.165) is 12.8 Å². The summed E-state index contributed by atoms with van der Waals surface area (Å²) in [6.45, 7) is 5.91. The molecule has 3 aromatic rings. The van der Waals surface area contributed by atoms with Crippen molar-refractivity contribution in [3.05, 3.63) is 59.9 Å². The van der Waals surface area contributed by atoms with Crippen LogP contribution in [0.5, 0.6) is 5.75 Å². The predicted octanol–water partition coefficient (Wildman–Crippen LogP) is 4.96. The fourth-order valence-corrected chi connectivity index (χ4v) is 3.79. The number of fused-ring (bicyclic) bond motifs is 1. The molecule has 0 spiro atoms. The number of carbonyl (C=O) groups excluding carboxylic acids is 2. The number of hydrogen-bond donors (Lipinski definition) is 1. The van der Waals surface area contributed by atoms with Crippen LogP contribution in [0, 0.1) is 5.92 Å². The van der Waals surface area contributed by atoms with E-state index in [1.54, 1.807) is 24.3 Å². The van der Waals surface area contributed by atoms with E-state index in [0.29, 0.717) is 53.6 Å². The SMILES string of the molecule is CCOc1ccccc1C(=O)Nc1c(C(=O)N2CCC(C)CC2)oc2ccccc12. The Hall–Kier alpha value is -3.28. The summed E-state index contributed by atoms with van der Waals surface area (Å²) in [5, 5.41) is 3.62. The van der Waals surface area contributed by atoms with Crippen LogP contribution < -0.4 is 10.1 Å². The van der Waals surface area contributed by atoms with Crippen molar-refractivity contribution >= 4 is 28.5 Å². The monoisotopic (exact) mass is 406 g/mol. The Morgan fingerprint density at radius 1 is 1.10 bits per heavy atom. The first-order chi connectivity index (χ1) is 14.6. The highest BCUT2D eigenvalue weighted by molar-refractivity contribution is 6.15. The number of anilines is 1. The summed E-state index contributed by atoms with van der Waals surface area (Å²) in [7, 11) is 0. The average molecular weight is 406 g/mol. The molecule has 4 rings (SSSR count). The number of likely N-dealkylation sites (tertiary alicyclic amines) is 1. The number of ether oxygens (including phenoxy) is 1. The number of carbonyl (C=O) groups is 2. The van der Waals surface area contributed by atoms with Gasteiger partial charge in [0.2, 0.25) is 5.76 Å². The van der Waals surface area contributed by atoms with E-state index in [4.69, 9.17) is 9.15 Å². The van der Waals surface area contributed by atoms with Gasteiger partial charge in [-0.15, -0.1) is 0 Å². The van der Waals surface area contributed by atoms with E-state index in [-0.39, 0.29) is 17.6 Å². The van der Waals surface area contributed by atoms with Gasteiger partial charge in [0.15, 0.2) is 0 Å². The second-order valence-corrected chi connectivity index (χ2v) is 7.66. The number of nitrogens with one attached hydrogen (secondary N) is 1. The number of hydrogen-bond acceptors (Lipinski definition) is 4. The molecule has 30 heavy (non-hydrogen) atoms. The summed E-state index contributed by atoms with van der Waals surface area (Å²) >= 11 is 0. The maximum Gasteiger partial charge on any atom is 0.291 e. The van der Waals surface area contributed by atoms with E-state index >= 15 is 0 Å². The maximum absolute atomic E-state index is 13.2. The van der Waals surface area contributed by atoms with Crippen molar-refractivity contribution in [2.75, 3.05) is 25.0 Å². The van der Waals surface area contributed by atoms with Crippen molar-refractivity contribution in [2.45, 2.75) is 26.7 Å². The van der Waals surface area contributed by atoms with Gasteiger partial charge in [-0.2, -0.15) is 0 Å². The van der Waals surface area contributed by atoms with Crippen molar-refractivity contribution < 1.29 is 18.7 Å². The lowest BCUT2D eigenvalue weighted by Crippen LogP contribution is -2.38. The number of amides is 2. The largest absolute Gasteiger partial charge is 0.493 e. The van der Waals surface area contributed by atoms with E-state index < -0.39 is 0 Å². The van der Waals surface area contributed by atoms with Gasteiger partial charge in [-0.3, -0.25) is 9.59 Å². The Balaban J connectivity index is 1.69. The standard InChI is InChI=1S/C24H26N2O4/c1-3-29-19-10-6-5-9-18(19)23(27)25-21-17-8-4-7-11-20(17)30-22(21)24(28)26-14-12-16(2)13-15-26/h4-11,16H,3,12-15H2,1-2H3,(H,25,27). The maximum atomic E-state index is 13.2. The Kier molecular flexibility index (Phi) is 5.74. The van der Waals surface area contributed by atoms with Gasteiger partial charge in [-0.25, -0.2) is 0 Å². The molecule has 0 radical (unpaired) electrons. The van der Waals surface area contributed by atoms with Crippen molar-refractivity contribution in [1.82, 2.24) is 4.90 Å². The molecule has 1 N–H and O–H groups in total. The van der Waals surface area contributed by atoms with Crippen molar-refractivity contribution in [1.29, 1.82) is 0 Å². The van der Waals surface area contributed by atoms with E-state index in [1.165, 1.54) is 0 Å². The lowest BCUT2D eigenvalue weighted by Gasteiger charge is -2.29. The summed E-state index contributed by atoms with van der Waals surface area (Å²) in [4.78, 5) is 28.1. The van der Waals surface area contributed by atoms with Crippen LogP contribution in [0.1, 0.15) is 47.6 Å². The second kappa shape index (κ2) is 8.61. The number of rotatable bonds is 5. The highest BCUT2D eigenvalue weighted by Crippen LogP contribution is 2.33. The second-order valence-electron chi connectivity index (χ2n) is 7.66. The van der Waals surface area contributed by atoms with Crippen LogP contribution >= 0.6 is 0 Å². The van der Waals surface area contributed by atoms with Gasteiger partial charge >= 0.3 is 0 Å². The van der Waals surface area contributed by atoms with Crippen molar-refractivity contribution in [3.63, 3.8) is 0 Å². The van der Waals surface area contributed by atoms with Crippen LogP contribution in [0.3, 0.4) is 0 Å². The Morgan fingerprint density at radius 3 is 2.57 bits per heavy atom. The molecule has 156 valence electrons. The van der Waals surface area contributed by atoms with E-state index in [1.807, 2.05) is 36.1 Å². The molecule has 2 amide bonds. The normalized spacial score (nSPS) is 14.7. The number of piperidine rings is 1. The number of furan rings is 1. The first-order valence-corrected chi connectivity index (χ1v) is 10.4. The molecule has 1 aromatic heterocycles. The van der Waals surface area contributed by atoms with Gasteiger partial charge in [0.1, 0.15) is 17.0 Å². The third kappa shape index (κ3) is 3.90. The summed E-state index contributed by atoms with van der Waals surface area (Å²) < 4.78 is 11.5. The molecule has 0 bridgehead atoms. The lowest BCUT2D eigenvalue weighted by atomic mass is 9.99. The van der Waals surface area contributed by atoms with E-state index in [9.17, 15) is 9.59 Å². The van der Waals surface area contributed by atoms with Gasteiger partial charge in [0.25, 0.3) is 11.8 Å². The first kappa shape index (κ1) is 20.0. The zero-order valence-electron chi connectivity index (χ0n) is 17.3. The van der Waals surface area contributed by atoms with Crippen molar-refractivity contribution in [2.24, 2.45) is 5.92 Å². The molecule has 2 heterocycles. The number of nitrogens with zero attached hydrogens (tertiary/aromatic N) is 1. The molecule has 0 unspecified atom stereocenters. The predicted molar refractivity (Wildman–Crippen MR) is 116 cm³/mol. The highest BCUT2D eigenvalue weighted by Gasteiger charge is 2.29. The molecule has 6 heteroatoms. The van der Waals surface area contributed by atoms with Gasteiger partial charge in [-0.05, 0) is 49.9 Å². The molecular weight excluding hydrogens is 380 g/mol. The van der Waals surface area contributed by atoms with E-state index in [2.05, 4.69) is 12.2 Å². The molecule has 0 saturated carbocycles. The third-order valence-electron chi connectivity index (χ3n) is 5.53. The topological polar surface area (TPSA) is 71.8 Å². The fraction of sp³-hybridized carbons (Fsp3) is 0.333. The van der Waals surface area contributed by atoms with Crippen LogP contribution in [0.15, 0.2) is 52.9 Å². The fourth-order valence-electron chi connectivity index (χ4n) is 3.79. The van der Waals surface area contributed by atoms with Crippen LogP contribution in [-0.2, 0) is 0 Å². The van der Waals surface area contributed by atoms with Gasteiger partial charge in [0, 0.05) is 18.5 Å². The molecule has 0 atom stereocenters. The van der Waals surface area contributed by atoms with Gasteiger partial charge in [0.05, 0.1) is 12.2 Å². The zero-order valence-corrected chi connectivity index (χ0v) is 17.3. The average Bonchev–Trinajstić information content (AvgIpc) is 3.13. The Bertz CT molecular complexity index is 1060. The summed E-state index contributed by atoms with van der Waals surface area (Å²) in [5.74, 6) is 0.758. The molecule has 6 nitrogen and oxygen atoms in total. The minimum Gasteiger partial charge on any atom is -0.493 e. The quantitative estimate of drug-likeness (QED) is 0.650. The minimum atomic E-state index is -0.341. The van der Waals surface area contributed by atoms with Crippen molar-refractivity contribution in [3.8, 4) is 5.75 Å². The highest BCUT2D eigenvalue weighted by atomic mass is 16.5. The molecule has 0 aliphatic carbocycles. The van der Waals surface area contributed by atoms with Crippen LogP contribution in [0.25, 0.3) is 11.0 Å². The van der Waals surface area contributed by atoms with Crippen LogP contribution in [0.4, 0.5) is 5.69 Å². The third-order valence-corrected chi connectivity index (χ3v) is 5.53. The smallest absolute Gasteiger partial charge is 0.291 e. The minimum absolute atomic E-state index is 0.174. The number of para-hydroxylation sites is 2. The Morgan fingerprint density at radius 2 is 1.80 bits per heavy atom. The molecule has 1 aliphatic rings. The zero-order chi connectivity index (χ0) is 21.1. The summed E-state index contributed by atoms with van der Waals surface area (Å²) in [5.41, 5.74) is 1.39. The molecular formula is C24H26N2O4. The Labute approximate surface area is 175 Å². The number of benzene rings is 2. The molecule has 1 saturated heterocycles. The molecule has 2 aromatic carbocycles. The van der Waals surface area contributed by atoms with Crippen LogP contribution in [0.2, 0.25) is 0 Å². The lowest BCUT2D eigenvalue weighted by molar-refractivity contribution is 0.0669. The molecule has 1 aliphatic heterocycles. The summed E-state index contributed by atoms with van der Waals surface area (Å²) in [6.07, 6.45) is 1.94. The van der Waals surface area contributed by atoms with Crippen LogP contribution in [-0.4, -0.2) is 36.4 Å². The van der Waals surface area contributed by atoms with Gasteiger partial charge < -0.3 is 19.4 Å².